The Kier molecular flexibility index (Phi) is 3.88. The van der Waals surface area contributed by atoms with Crippen molar-refractivity contribution >= 4 is 11.3 Å². The van der Waals surface area contributed by atoms with E-state index in [4.69, 9.17) is 0 Å². The second-order valence-corrected chi connectivity index (χ2v) is 6.65. The molecule has 2 nitrogen and oxygen atoms in total. The summed E-state index contributed by atoms with van der Waals surface area (Å²) in [5.41, 5.74) is 0.410. The highest BCUT2D eigenvalue weighted by atomic mass is 32.1. The first-order valence-corrected chi connectivity index (χ1v) is 7.65. The first-order chi connectivity index (χ1) is 8.12. The Hall–Kier alpha value is -0.410. The summed E-state index contributed by atoms with van der Waals surface area (Å²) < 4.78 is 0. The fourth-order valence-corrected chi connectivity index (χ4v) is 4.11. The number of nitrogens with one attached hydrogen (secondary N) is 1. The molecule has 1 heterocycles. The zero-order valence-electron chi connectivity index (χ0n) is 11.3. The van der Waals surface area contributed by atoms with Gasteiger partial charge in [0.25, 0.3) is 0 Å². The highest BCUT2D eigenvalue weighted by Crippen LogP contribution is 2.50. The van der Waals surface area contributed by atoms with E-state index in [0.717, 1.165) is 6.54 Å². The monoisotopic (exact) mass is 252 g/mol. The van der Waals surface area contributed by atoms with Crippen LogP contribution in [0.3, 0.4) is 0 Å². The molecule has 0 saturated heterocycles. The molecule has 1 fully saturated rings. The van der Waals surface area contributed by atoms with E-state index in [9.17, 15) is 0 Å². The summed E-state index contributed by atoms with van der Waals surface area (Å²) in [7, 11) is 0. The third kappa shape index (κ3) is 2.27. The predicted molar refractivity (Wildman–Crippen MR) is 74.3 cm³/mol. The van der Waals surface area contributed by atoms with Crippen molar-refractivity contribution in [2.45, 2.75) is 58.4 Å². The lowest BCUT2D eigenvalue weighted by Gasteiger charge is -2.49. The molecule has 1 N–H and O–H groups in total. The molecule has 1 aromatic heterocycles. The van der Waals surface area contributed by atoms with Crippen molar-refractivity contribution in [2.75, 3.05) is 6.54 Å². The molecule has 1 saturated carbocycles. The van der Waals surface area contributed by atoms with E-state index in [2.05, 4.69) is 36.5 Å². The molecular formula is C14H24N2S. The van der Waals surface area contributed by atoms with Crippen molar-refractivity contribution < 1.29 is 0 Å². The van der Waals surface area contributed by atoms with Crippen molar-refractivity contribution in [2.24, 2.45) is 5.41 Å². The topological polar surface area (TPSA) is 24.9 Å². The van der Waals surface area contributed by atoms with E-state index < -0.39 is 0 Å². The summed E-state index contributed by atoms with van der Waals surface area (Å²) in [6, 6.07) is 0. The number of nitrogens with zero attached hydrogens (tertiary/aromatic N) is 1. The van der Waals surface area contributed by atoms with Gasteiger partial charge in [-0.1, -0.05) is 33.6 Å². The lowest BCUT2D eigenvalue weighted by Crippen LogP contribution is -2.55. The lowest BCUT2D eigenvalue weighted by molar-refractivity contribution is 0.0593. The van der Waals surface area contributed by atoms with E-state index in [0.29, 0.717) is 5.41 Å². The predicted octanol–water partition coefficient (Wildman–Crippen LogP) is 3.94. The van der Waals surface area contributed by atoms with Crippen molar-refractivity contribution in [3.05, 3.63) is 16.6 Å². The third-order valence-corrected chi connectivity index (χ3v) is 5.17. The van der Waals surface area contributed by atoms with Crippen LogP contribution in [0.5, 0.6) is 0 Å². The lowest BCUT2D eigenvalue weighted by atomic mass is 9.63. The standard InChI is InChI=1S/C14H24N2S/c1-4-9-16-14(12-15-10-11-17-12)8-6-5-7-13(14,2)3/h10-11,16H,4-9H2,1-3H3. The maximum Gasteiger partial charge on any atom is 0.113 e. The van der Waals surface area contributed by atoms with Crippen molar-refractivity contribution in [3.63, 3.8) is 0 Å². The van der Waals surface area contributed by atoms with Gasteiger partial charge in [-0.3, -0.25) is 0 Å². The van der Waals surface area contributed by atoms with Gasteiger partial charge in [-0.25, -0.2) is 4.98 Å². The molecule has 1 aliphatic carbocycles. The van der Waals surface area contributed by atoms with Crippen molar-refractivity contribution in [3.8, 4) is 0 Å². The van der Waals surface area contributed by atoms with Gasteiger partial charge in [-0.2, -0.15) is 0 Å². The minimum atomic E-state index is 0.107. The summed E-state index contributed by atoms with van der Waals surface area (Å²) in [6.45, 7) is 8.12. The highest BCUT2D eigenvalue weighted by Gasteiger charge is 2.48. The maximum atomic E-state index is 4.62. The van der Waals surface area contributed by atoms with Crippen LogP contribution >= 0.6 is 11.3 Å². The fraction of sp³-hybridized carbons (Fsp3) is 0.786. The fourth-order valence-electron chi connectivity index (χ4n) is 3.08. The zero-order valence-corrected chi connectivity index (χ0v) is 12.1. The van der Waals surface area contributed by atoms with E-state index in [1.54, 1.807) is 0 Å². The molecule has 2 rings (SSSR count). The van der Waals surface area contributed by atoms with Gasteiger partial charge in [0.15, 0.2) is 0 Å². The van der Waals surface area contributed by atoms with Gasteiger partial charge in [0.05, 0.1) is 5.54 Å². The zero-order chi connectivity index (χ0) is 12.4. The normalized spacial score (nSPS) is 28.2. The molecule has 0 radical (unpaired) electrons. The average Bonchev–Trinajstić information content (AvgIpc) is 2.81. The molecule has 0 spiro atoms. The van der Waals surface area contributed by atoms with Crippen LogP contribution in [0.2, 0.25) is 0 Å². The molecule has 17 heavy (non-hydrogen) atoms. The first-order valence-electron chi connectivity index (χ1n) is 6.77. The second kappa shape index (κ2) is 5.07. The van der Waals surface area contributed by atoms with E-state index in [-0.39, 0.29) is 5.54 Å². The molecule has 0 amide bonds. The minimum Gasteiger partial charge on any atom is -0.305 e. The van der Waals surface area contributed by atoms with Gasteiger partial charge < -0.3 is 5.32 Å². The van der Waals surface area contributed by atoms with Crippen LogP contribution in [0.25, 0.3) is 0 Å². The molecule has 0 aromatic carbocycles. The van der Waals surface area contributed by atoms with E-state index >= 15 is 0 Å². The first kappa shape index (κ1) is 13.0. The van der Waals surface area contributed by atoms with Gasteiger partial charge in [-0.05, 0) is 31.2 Å². The Labute approximate surface area is 109 Å². The molecule has 1 aliphatic rings. The molecule has 96 valence electrons. The number of rotatable bonds is 4. The summed E-state index contributed by atoms with van der Waals surface area (Å²) in [5.74, 6) is 0. The summed E-state index contributed by atoms with van der Waals surface area (Å²) in [4.78, 5) is 4.62. The number of hydrogen-bond donors (Lipinski definition) is 1. The minimum absolute atomic E-state index is 0.107. The summed E-state index contributed by atoms with van der Waals surface area (Å²) in [6.07, 6.45) is 8.33. The van der Waals surface area contributed by atoms with Crippen LogP contribution in [0, 0.1) is 5.41 Å². The van der Waals surface area contributed by atoms with Gasteiger partial charge >= 0.3 is 0 Å². The molecule has 0 bridgehead atoms. The maximum absolute atomic E-state index is 4.62. The summed E-state index contributed by atoms with van der Waals surface area (Å²) >= 11 is 1.81. The van der Waals surface area contributed by atoms with Crippen LogP contribution in [-0.2, 0) is 5.54 Å². The Balaban J connectivity index is 2.34. The Morgan fingerprint density at radius 1 is 1.35 bits per heavy atom. The van der Waals surface area contributed by atoms with Gasteiger partial charge in [0, 0.05) is 11.6 Å². The number of aromatic nitrogens is 1. The molecule has 3 heteroatoms. The van der Waals surface area contributed by atoms with Crippen LogP contribution in [0.4, 0.5) is 0 Å². The highest BCUT2D eigenvalue weighted by molar-refractivity contribution is 7.09. The molecular weight excluding hydrogens is 228 g/mol. The van der Waals surface area contributed by atoms with Crippen LogP contribution < -0.4 is 5.32 Å². The van der Waals surface area contributed by atoms with Crippen LogP contribution in [0.15, 0.2) is 11.6 Å². The van der Waals surface area contributed by atoms with E-state index in [1.165, 1.54) is 37.1 Å². The van der Waals surface area contributed by atoms with Crippen LogP contribution in [0.1, 0.15) is 57.9 Å². The Morgan fingerprint density at radius 2 is 2.12 bits per heavy atom. The third-order valence-electron chi connectivity index (χ3n) is 4.23. The molecule has 1 unspecified atom stereocenters. The van der Waals surface area contributed by atoms with Crippen molar-refractivity contribution in [1.82, 2.24) is 10.3 Å². The van der Waals surface area contributed by atoms with Crippen LogP contribution in [-0.4, -0.2) is 11.5 Å². The SMILES string of the molecule is CCCNC1(c2nccs2)CCCCC1(C)C. The summed E-state index contributed by atoms with van der Waals surface area (Å²) in [5, 5.41) is 7.22. The van der Waals surface area contributed by atoms with Gasteiger partial charge in [0.2, 0.25) is 0 Å². The van der Waals surface area contributed by atoms with Crippen molar-refractivity contribution in [1.29, 1.82) is 0 Å². The largest absolute Gasteiger partial charge is 0.305 e. The number of thiazole rings is 1. The molecule has 1 aromatic rings. The van der Waals surface area contributed by atoms with E-state index in [1.807, 2.05) is 17.5 Å². The number of hydrogen-bond acceptors (Lipinski definition) is 3. The molecule has 1 atom stereocenters. The van der Waals surface area contributed by atoms with Gasteiger partial charge in [-0.15, -0.1) is 11.3 Å². The average molecular weight is 252 g/mol. The second-order valence-electron chi connectivity index (χ2n) is 5.76. The smallest absolute Gasteiger partial charge is 0.113 e. The molecule has 0 aliphatic heterocycles. The quantitative estimate of drug-likeness (QED) is 0.878. The Morgan fingerprint density at radius 3 is 2.71 bits per heavy atom. The van der Waals surface area contributed by atoms with Gasteiger partial charge in [0.1, 0.15) is 5.01 Å². The Bertz CT molecular complexity index is 345.